The van der Waals surface area contributed by atoms with E-state index < -0.39 is 0 Å². The maximum Gasteiger partial charge on any atom is 0.0642 e. The Morgan fingerprint density at radius 1 is 1.19 bits per heavy atom. The van der Waals surface area contributed by atoms with E-state index in [2.05, 4.69) is 17.0 Å². The first-order chi connectivity index (χ1) is 10.1. The van der Waals surface area contributed by atoms with Crippen molar-refractivity contribution in [3.05, 3.63) is 28.8 Å². The van der Waals surface area contributed by atoms with Gasteiger partial charge in [-0.1, -0.05) is 17.7 Å². The van der Waals surface area contributed by atoms with Crippen LogP contribution in [0.1, 0.15) is 18.9 Å². The number of anilines is 1. The number of ether oxygens (including phenoxy) is 2. The van der Waals surface area contributed by atoms with E-state index >= 15 is 0 Å². The summed E-state index contributed by atoms with van der Waals surface area (Å²) in [5, 5.41) is 0.765. The number of methoxy groups -OCH3 is 2. The van der Waals surface area contributed by atoms with Crippen LogP contribution in [-0.4, -0.2) is 46.6 Å². The molecule has 2 N–H and O–H groups in total. The Labute approximate surface area is 133 Å². The van der Waals surface area contributed by atoms with E-state index in [1.54, 1.807) is 14.2 Å². The van der Waals surface area contributed by atoms with Crippen molar-refractivity contribution >= 4 is 17.3 Å². The highest BCUT2D eigenvalue weighted by Crippen LogP contribution is 2.27. The molecule has 0 amide bonds. The molecule has 1 rings (SSSR count). The highest BCUT2D eigenvalue weighted by Gasteiger charge is 2.11. The van der Waals surface area contributed by atoms with Crippen LogP contribution in [0.25, 0.3) is 0 Å². The predicted octanol–water partition coefficient (Wildman–Crippen LogP) is 2.72. The largest absolute Gasteiger partial charge is 0.385 e. The molecule has 4 nitrogen and oxygen atoms in total. The molecule has 1 aromatic carbocycles. The first-order valence-corrected chi connectivity index (χ1v) is 7.73. The smallest absolute Gasteiger partial charge is 0.0642 e. The maximum absolute atomic E-state index is 6.44. The van der Waals surface area contributed by atoms with E-state index in [9.17, 15) is 0 Å². The Bertz CT molecular complexity index is 413. The van der Waals surface area contributed by atoms with Crippen LogP contribution in [0.4, 0.5) is 5.69 Å². The molecule has 0 fully saturated rings. The zero-order valence-electron chi connectivity index (χ0n) is 13.3. The van der Waals surface area contributed by atoms with Gasteiger partial charge in [0.2, 0.25) is 0 Å². The van der Waals surface area contributed by atoms with Gasteiger partial charge in [-0.15, -0.1) is 0 Å². The van der Waals surface area contributed by atoms with Gasteiger partial charge in [0, 0.05) is 40.0 Å². The van der Waals surface area contributed by atoms with Crippen molar-refractivity contribution < 1.29 is 9.47 Å². The Kier molecular flexibility index (Phi) is 8.69. The molecule has 1 unspecified atom stereocenters. The molecule has 0 aromatic heterocycles. The molecule has 1 aromatic rings. The minimum absolute atomic E-state index is 0.137. The van der Waals surface area contributed by atoms with Gasteiger partial charge in [-0.3, -0.25) is 0 Å². The summed E-state index contributed by atoms with van der Waals surface area (Å²) in [6, 6.07) is 6.32. The maximum atomic E-state index is 6.44. The number of hydrogen-bond acceptors (Lipinski definition) is 4. The van der Waals surface area contributed by atoms with Gasteiger partial charge in [0.05, 0.1) is 17.3 Å². The standard InChI is InChI=1S/C16H27ClN2O2/c1-13(18)11-14-5-6-16(15(17)12-14)19(8-10-21-3)7-4-9-20-2/h5-6,12-13H,4,7-11,18H2,1-3H3. The number of rotatable bonds is 10. The molecular weight excluding hydrogens is 288 g/mol. The molecule has 0 bridgehead atoms. The van der Waals surface area contributed by atoms with Gasteiger partial charge < -0.3 is 20.1 Å². The van der Waals surface area contributed by atoms with Crippen molar-refractivity contribution in [3.8, 4) is 0 Å². The number of nitrogens with two attached hydrogens (primary N) is 1. The van der Waals surface area contributed by atoms with Crippen LogP contribution in [-0.2, 0) is 15.9 Å². The average molecular weight is 315 g/mol. The van der Waals surface area contributed by atoms with Crippen molar-refractivity contribution in [3.63, 3.8) is 0 Å². The second-order valence-electron chi connectivity index (χ2n) is 5.29. The third-order valence-corrected chi connectivity index (χ3v) is 3.56. The lowest BCUT2D eigenvalue weighted by molar-refractivity contribution is 0.191. The monoisotopic (exact) mass is 314 g/mol. The molecule has 5 heteroatoms. The summed E-state index contributed by atoms with van der Waals surface area (Å²) >= 11 is 6.44. The van der Waals surface area contributed by atoms with Gasteiger partial charge >= 0.3 is 0 Å². The zero-order valence-corrected chi connectivity index (χ0v) is 14.0. The molecule has 21 heavy (non-hydrogen) atoms. The van der Waals surface area contributed by atoms with Gasteiger partial charge in [-0.25, -0.2) is 0 Å². The van der Waals surface area contributed by atoms with Crippen LogP contribution in [0.5, 0.6) is 0 Å². The van der Waals surface area contributed by atoms with E-state index in [1.807, 2.05) is 13.0 Å². The lowest BCUT2D eigenvalue weighted by Gasteiger charge is -2.26. The number of benzene rings is 1. The first kappa shape index (κ1) is 18.2. The van der Waals surface area contributed by atoms with E-state index in [-0.39, 0.29) is 6.04 Å². The fourth-order valence-electron chi connectivity index (χ4n) is 2.26. The van der Waals surface area contributed by atoms with E-state index in [1.165, 1.54) is 5.56 Å². The Hall–Kier alpha value is -0.810. The fourth-order valence-corrected chi connectivity index (χ4v) is 2.58. The van der Waals surface area contributed by atoms with E-state index in [0.717, 1.165) is 43.2 Å². The Morgan fingerprint density at radius 3 is 2.48 bits per heavy atom. The molecule has 120 valence electrons. The number of hydrogen-bond donors (Lipinski definition) is 1. The van der Waals surface area contributed by atoms with Crippen LogP contribution in [0, 0.1) is 0 Å². The minimum atomic E-state index is 0.137. The van der Waals surface area contributed by atoms with Crippen LogP contribution >= 0.6 is 11.6 Å². The summed E-state index contributed by atoms with van der Waals surface area (Å²) in [5.41, 5.74) is 8.04. The van der Waals surface area contributed by atoms with Crippen LogP contribution in [0.15, 0.2) is 18.2 Å². The van der Waals surface area contributed by atoms with Crippen molar-refractivity contribution in [2.75, 3.05) is 45.4 Å². The highest BCUT2D eigenvalue weighted by atomic mass is 35.5. The topological polar surface area (TPSA) is 47.7 Å². The molecule has 0 saturated carbocycles. The average Bonchev–Trinajstić information content (AvgIpc) is 2.43. The van der Waals surface area contributed by atoms with Crippen molar-refractivity contribution in [2.45, 2.75) is 25.8 Å². The second kappa shape index (κ2) is 10.0. The molecule has 0 aliphatic carbocycles. The van der Waals surface area contributed by atoms with Gasteiger partial charge in [0.25, 0.3) is 0 Å². The predicted molar refractivity (Wildman–Crippen MR) is 89.4 cm³/mol. The lowest BCUT2D eigenvalue weighted by atomic mass is 10.1. The number of nitrogens with zero attached hydrogens (tertiary/aromatic N) is 1. The van der Waals surface area contributed by atoms with Crippen LogP contribution < -0.4 is 10.6 Å². The molecular formula is C16H27ClN2O2. The third-order valence-electron chi connectivity index (χ3n) is 3.25. The van der Waals surface area contributed by atoms with E-state index in [4.69, 9.17) is 26.8 Å². The van der Waals surface area contributed by atoms with Gasteiger partial charge in [-0.2, -0.15) is 0 Å². The van der Waals surface area contributed by atoms with E-state index in [0.29, 0.717) is 6.61 Å². The summed E-state index contributed by atoms with van der Waals surface area (Å²) in [5.74, 6) is 0. The van der Waals surface area contributed by atoms with Crippen molar-refractivity contribution in [1.82, 2.24) is 0 Å². The van der Waals surface area contributed by atoms with Gasteiger partial charge in [0.15, 0.2) is 0 Å². The SMILES string of the molecule is COCCCN(CCOC)c1ccc(CC(C)N)cc1Cl. The number of halogens is 1. The zero-order chi connectivity index (χ0) is 15.7. The van der Waals surface area contributed by atoms with Crippen LogP contribution in [0.3, 0.4) is 0 Å². The fraction of sp³-hybridized carbons (Fsp3) is 0.625. The minimum Gasteiger partial charge on any atom is -0.385 e. The summed E-state index contributed by atoms with van der Waals surface area (Å²) in [7, 11) is 3.43. The summed E-state index contributed by atoms with van der Waals surface area (Å²) in [6.07, 6.45) is 1.79. The second-order valence-corrected chi connectivity index (χ2v) is 5.70. The molecule has 1 atom stereocenters. The summed E-state index contributed by atoms with van der Waals surface area (Å²) in [4.78, 5) is 2.24. The van der Waals surface area contributed by atoms with Crippen molar-refractivity contribution in [2.24, 2.45) is 5.73 Å². The molecule has 0 saturated heterocycles. The first-order valence-electron chi connectivity index (χ1n) is 7.35. The third kappa shape index (κ3) is 6.66. The van der Waals surface area contributed by atoms with Gasteiger partial charge in [0.1, 0.15) is 0 Å². The Balaban J connectivity index is 2.79. The normalized spacial score (nSPS) is 12.4. The van der Waals surface area contributed by atoms with Gasteiger partial charge in [-0.05, 0) is 37.5 Å². The summed E-state index contributed by atoms with van der Waals surface area (Å²) in [6.45, 7) is 5.11. The molecule has 0 spiro atoms. The molecule has 0 aliphatic heterocycles. The Morgan fingerprint density at radius 2 is 1.90 bits per heavy atom. The quantitative estimate of drug-likeness (QED) is 0.675. The van der Waals surface area contributed by atoms with Crippen molar-refractivity contribution in [1.29, 1.82) is 0 Å². The lowest BCUT2D eigenvalue weighted by Crippen LogP contribution is -2.29. The molecule has 0 heterocycles. The molecule has 0 aliphatic rings. The molecule has 0 radical (unpaired) electrons. The summed E-state index contributed by atoms with van der Waals surface area (Å²) < 4.78 is 10.3. The highest BCUT2D eigenvalue weighted by molar-refractivity contribution is 6.33. The van der Waals surface area contributed by atoms with Crippen LogP contribution in [0.2, 0.25) is 5.02 Å².